The van der Waals surface area contributed by atoms with Gasteiger partial charge < -0.3 is 10.1 Å². The molecule has 0 spiro atoms. The molecule has 1 heterocycles. The zero-order chi connectivity index (χ0) is 14.8. The molecule has 112 valence electrons. The van der Waals surface area contributed by atoms with Crippen molar-refractivity contribution in [1.29, 1.82) is 0 Å². The van der Waals surface area contributed by atoms with Gasteiger partial charge in [0.05, 0.1) is 0 Å². The van der Waals surface area contributed by atoms with Gasteiger partial charge in [-0.3, -0.25) is 0 Å². The molecule has 2 nitrogen and oxygen atoms in total. The monoisotopic (exact) mass is 279 g/mol. The molecule has 1 aromatic rings. The number of benzene rings is 1. The van der Waals surface area contributed by atoms with E-state index in [0.29, 0.717) is 11.7 Å². The van der Waals surface area contributed by atoms with Crippen LogP contribution in [0.5, 0.6) is 5.75 Å². The highest BCUT2D eigenvalue weighted by Crippen LogP contribution is 2.44. The molecule has 0 aromatic heterocycles. The van der Waals surface area contributed by atoms with Gasteiger partial charge >= 0.3 is 0 Å². The zero-order valence-electron chi connectivity index (χ0n) is 13.0. The van der Waals surface area contributed by atoms with Crippen molar-refractivity contribution in [2.24, 2.45) is 5.92 Å². The molecule has 20 heavy (non-hydrogen) atoms. The van der Waals surface area contributed by atoms with Crippen molar-refractivity contribution in [3.8, 4) is 5.75 Å². The summed E-state index contributed by atoms with van der Waals surface area (Å²) in [5, 5.41) is 3.36. The maximum atomic E-state index is 13.5. The van der Waals surface area contributed by atoms with Gasteiger partial charge in [0.2, 0.25) is 0 Å². The quantitative estimate of drug-likeness (QED) is 0.859. The molecule has 1 aliphatic heterocycles. The summed E-state index contributed by atoms with van der Waals surface area (Å²) in [7, 11) is 1.97. The number of nitrogens with one attached hydrogen (secondary N) is 1. The minimum Gasteiger partial charge on any atom is -0.487 e. The second-order valence-electron chi connectivity index (χ2n) is 6.08. The number of hydrogen-bond acceptors (Lipinski definition) is 2. The number of fused-ring (bicyclic) bond motifs is 1. The summed E-state index contributed by atoms with van der Waals surface area (Å²) in [6.45, 7) is 6.63. The fourth-order valence-corrected chi connectivity index (χ4v) is 3.16. The van der Waals surface area contributed by atoms with Crippen molar-refractivity contribution in [1.82, 2.24) is 5.32 Å². The van der Waals surface area contributed by atoms with E-state index in [9.17, 15) is 4.39 Å². The number of rotatable bonds is 5. The number of hydrogen-bond donors (Lipinski definition) is 1. The molecule has 2 rings (SSSR count). The Morgan fingerprint density at radius 3 is 2.80 bits per heavy atom. The molecule has 0 amide bonds. The third-order valence-corrected chi connectivity index (χ3v) is 4.66. The van der Waals surface area contributed by atoms with Crippen molar-refractivity contribution in [2.75, 3.05) is 7.05 Å². The number of halogens is 1. The van der Waals surface area contributed by atoms with E-state index in [-0.39, 0.29) is 17.5 Å². The van der Waals surface area contributed by atoms with Crippen LogP contribution in [0.15, 0.2) is 18.2 Å². The predicted octanol–water partition coefficient (Wildman–Crippen LogP) is 4.45. The third kappa shape index (κ3) is 2.98. The molecule has 0 aliphatic carbocycles. The lowest BCUT2D eigenvalue weighted by molar-refractivity contribution is 0.00624. The van der Waals surface area contributed by atoms with Crippen LogP contribution in [-0.4, -0.2) is 12.6 Å². The molecular formula is C17H26FNO. The van der Waals surface area contributed by atoms with Gasteiger partial charge in [0.1, 0.15) is 17.2 Å². The van der Waals surface area contributed by atoms with Crippen LogP contribution < -0.4 is 10.1 Å². The van der Waals surface area contributed by atoms with Crippen LogP contribution in [0.4, 0.5) is 4.39 Å². The summed E-state index contributed by atoms with van der Waals surface area (Å²) in [6.07, 6.45) is 4.06. The fraction of sp³-hybridized carbons (Fsp3) is 0.647. The summed E-state index contributed by atoms with van der Waals surface area (Å²) < 4.78 is 19.8. The highest BCUT2D eigenvalue weighted by Gasteiger charge is 2.40. The summed E-state index contributed by atoms with van der Waals surface area (Å²) in [5.41, 5.74) is 0.895. The average molecular weight is 279 g/mol. The largest absolute Gasteiger partial charge is 0.487 e. The minimum absolute atomic E-state index is 0.177. The van der Waals surface area contributed by atoms with Crippen LogP contribution in [0.25, 0.3) is 0 Å². The van der Waals surface area contributed by atoms with Crippen LogP contribution >= 0.6 is 0 Å². The Balaban J connectivity index is 2.34. The van der Waals surface area contributed by atoms with E-state index in [4.69, 9.17) is 4.74 Å². The topological polar surface area (TPSA) is 21.3 Å². The molecule has 0 bridgehead atoms. The standard InChI is InChI=1S/C17H26FNO/c1-5-12(3)10-17(6-2)11-15(19-4)14-8-7-13(18)9-16(14)20-17/h7-9,12,15,19H,5-6,10-11H2,1-4H3. The lowest BCUT2D eigenvalue weighted by Gasteiger charge is -2.43. The number of ether oxygens (including phenoxy) is 1. The normalized spacial score (nSPS) is 26.8. The second-order valence-corrected chi connectivity index (χ2v) is 6.08. The Kier molecular flexibility index (Phi) is 4.69. The van der Waals surface area contributed by atoms with E-state index in [1.165, 1.54) is 12.1 Å². The Morgan fingerprint density at radius 1 is 1.45 bits per heavy atom. The molecule has 0 radical (unpaired) electrons. The lowest BCUT2D eigenvalue weighted by atomic mass is 9.79. The molecule has 3 heteroatoms. The van der Waals surface area contributed by atoms with Crippen molar-refractivity contribution >= 4 is 0 Å². The maximum absolute atomic E-state index is 13.5. The first-order valence-electron chi connectivity index (χ1n) is 7.69. The molecule has 1 aromatic carbocycles. The van der Waals surface area contributed by atoms with E-state index in [1.54, 1.807) is 0 Å². The van der Waals surface area contributed by atoms with Crippen molar-refractivity contribution < 1.29 is 9.13 Å². The van der Waals surface area contributed by atoms with Gasteiger partial charge in [0.15, 0.2) is 0 Å². The molecule has 0 fully saturated rings. The second kappa shape index (κ2) is 6.13. The highest BCUT2D eigenvalue weighted by atomic mass is 19.1. The van der Waals surface area contributed by atoms with E-state index >= 15 is 0 Å². The molecule has 1 N–H and O–H groups in total. The first-order valence-corrected chi connectivity index (χ1v) is 7.69. The summed E-state index contributed by atoms with van der Waals surface area (Å²) in [6, 6.07) is 5.12. The first-order chi connectivity index (χ1) is 9.53. The van der Waals surface area contributed by atoms with Crippen LogP contribution in [0.1, 0.15) is 58.1 Å². The molecular weight excluding hydrogens is 253 g/mol. The van der Waals surface area contributed by atoms with Crippen molar-refractivity contribution in [2.45, 2.75) is 58.1 Å². The van der Waals surface area contributed by atoms with Gasteiger partial charge in [-0.15, -0.1) is 0 Å². The maximum Gasteiger partial charge on any atom is 0.127 e. The Bertz CT molecular complexity index is 462. The highest BCUT2D eigenvalue weighted by molar-refractivity contribution is 5.39. The van der Waals surface area contributed by atoms with Gasteiger partial charge in [-0.2, -0.15) is 0 Å². The van der Waals surface area contributed by atoms with Gasteiger partial charge in [-0.1, -0.05) is 33.3 Å². The van der Waals surface area contributed by atoms with E-state index in [0.717, 1.165) is 31.2 Å². The Labute approximate surface area is 121 Å². The molecule has 1 aliphatic rings. The van der Waals surface area contributed by atoms with Crippen molar-refractivity contribution in [3.63, 3.8) is 0 Å². The zero-order valence-corrected chi connectivity index (χ0v) is 13.0. The summed E-state index contributed by atoms with van der Waals surface area (Å²) in [5.74, 6) is 1.09. The summed E-state index contributed by atoms with van der Waals surface area (Å²) >= 11 is 0. The molecule has 0 saturated heterocycles. The molecule has 3 atom stereocenters. The van der Waals surface area contributed by atoms with Gasteiger partial charge in [-0.25, -0.2) is 4.39 Å². The van der Waals surface area contributed by atoms with Crippen LogP contribution in [-0.2, 0) is 0 Å². The van der Waals surface area contributed by atoms with E-state index in [2.05, 4.69) is 26.1 Å². The predicted molar refractivity (Wildman–Crippen MR) is 80.5 cm³/mol. The average Bonchev–Trinajstić information content (AvgIpc) is 2.45. The molecule has 0 saturated carbocycles. The smallest absolute Gasteiger partial charge is 0.127 e. The summed E-state index contributed by atoms with van der Waals surface area (Å²) in [4.78, 5) is 0. The first kappa shape index (κ1) is 15.3. The Morgan fingerprint density at radius 2 is 2.20 bits per heavy atom. The van der Waals surface area contributed by atoms with E-state index in [1.807, 2.05) is 13.1 Å². The lowest BCUT2D eigenvalue weighted by Crippen LogP contribution is -2.44. The Hall–Kier alpha value is -1.09. The van der Waals surface area contributed by atoms with Crippen LogP contribution in [0.3, 0.4) is 0 Å². The van der Waals surface area contributed by atoms with Gasteiger partial charge in [0.25, 0.3) is 0 Å². The SMILES string of the molecule is CCC(C)CC1(CC)CC(NC)c2ccc(F)cc2O1. The minimum atomic E-state index is -0.228. The van der Waals surface area contributed by atoms with Crippen molar-refractivity contribution in [3.05, 3.63) is 29.6 Å². The van der Waals surface area contributed by atoms with Crippen LogP contribution in [0, 0.1) is 11.7 Å². The van der Waals surface area contributed by atoms with E-state index < -0.39 is 0 Å². The van der Waals surface area contributed by atoms with Crippen LogP contribution in [0.2, 0.25) is 0 Å². The van der Waals surface area contributed by atoms with Gasteiger partial charge in [-0.05, 0) is 31.9 Å². The fourth-order valence-electron chi connectivity index (χ4n) is 3.16. The van der Waals surface area contributed by atoms with Gasteiger partial charge in [0, 0.05) is 24.1 Å². The third-order valence-electron chi connectivity index (χ3n) is 4.66. The molecule has 3 unspecified atom stereocenters.